The molecule has 0 bridgehead atoms. The highest BCUT2D eigenvalue weighted by Crippen LogP contribution is 2.33. The minimum absolute atomic E-state index is 0.528. The van der Waals surface area contributed by atoms with E-state index in [1.54, 1.807) is 0 Å². The second kappa shape index (κ2) is 5.80. The summed E-state index contributed by atoms with van der Waals surface area (Å²) in [4.78, 5) is 4.24. The Kier molecular flexibility index (Phi) is 4.37. The van der Waals surface area contributed by atoms with Crippen LogP contribution in [-0.2, 0) is 6.42 Å². The lowest BCUT2D eigenvalue weighted by Crippen LogP contribution is -2.26. The van der Waals surface area contributed by atoms with Crippen LogP contribution in [0.4, 0.5) is 5.69 Å². The topological polar surface area (TPSA) is 36.4 Å². The summed E-state index contributed by atoms with van der Waals surface area (Å²) in [7, 11) is 0. The second-order valence-electron chi connectivity index (χ2n) is 3.62. The summed E-state index contributed by atoms with van der Waals surface area (Å²) in [6, 6.07) is 3.70. The first kappa shape index (κ1) is 12.8. The van der Waals surface area contributed by atoms with Gasteiger partial charge in [0.15, 0.2) is 5.96 Å². The summed E-state index contributed by atoms with van der Waals surface area (Å²) in [6.45, 7) is 1.60. The molecule has 0 radical (unpaired) electrons. The molecule has 92 valence electrons. The lowest BCUT2D eigenvalue weighted by atomic mass is 10.1. The van der Waals surface area contributed by atoms with E-state index >= 15 is 0 Å². The fourth-order valence-corrected chi connectivity index (χ4v) is 2.37. The fraction of sp³-hybridized carbons (Fsp3) is 0.364. The Morgan fingerprint density at radius 1 is 1.35 bits per heavy atom. The lowest BCUT2D eigenvalue weighted by molar-refractivity contribution is 0.959. The Bertz CT molecular complexity index is 446. The number of nitrogens with zero attached hydrogens (tertiary/aromatic N) is 1. The van der Waals surface area contributed by atoms with Gasteiger partial charge in [0, 0.05) is 12.4 Å². The molecule has 0 saturated heterocycles. The van der Waals surface area contributed by atoms with E-state index < -0.39 is 0 Å². The van der Waals surface area contributed by atoms with E-state index in [1.165, 1.54) is 0 Å². The van der Waals surface area contributed by atoms with Crippen LogP contribution in [0.1, 0.15) is 5.56 Å². The summed E-state index contributed by atoms with van der Waals surface area (Å²) < 4.78 is 0. The zero-order valence-corrected chi connectivity index (χ0v) is 11.3. The molecule has 1 aliphatic heterocycles. The van der Waals surface area contributed by atoms with Gasteiger partial charge in [0.25, 0.3) is 0 Å². The molecular formula is C11H12Cl3N3. The van der Waals surface area contributed by atoms with Crippen molar-refractivity contribution in [2.45, 2.75) is 6.42 Å². The monoisotopic (exact) mass is 291 g/mol. The van der Waals surface area contributed by atoms with Gasteiger partial charge in [-0.3, -0.25) is 4.99 Å². The van der Waals surface area contributed by atoms with Gasteiger partial charge in [-0.15, -0.1) is 11.6 Å². The van der Waals surface area contributed by atoms with E-state index in [2.05, 4.69) is 15.6 Å². The summed E-state index contributed by atoms with van der Waals surface area (Å²) in [5, 5.41) is 7.39. The standard InChI is InChI=1S/C11H12Cl3N3/c12-4-3-7-1-2-8(13)10(9(7)14)17-11-15-5-6-16-11/h1-2H,3-6H2,(H2,15,16,17). The van der Waals surface area contributed by atoms with Crippen molar-refractivity contribution in [1.82, 2.24) is 5.32 Å². The number of guanidine groups is 1. The van der Waals surface area contributed by atoms with Crippen molar-refractivity contribution in [3.05, 3.63) is 27.7 Å². The predicted molar refractivity (Wildman–Crippen MR) is 74.8 cm³/mol. The summed E-state index contributed by atoms with van der Waals surface area (Å²) in [5.41, 5.74) is 1.66. The van der Waals surface area contributed by atoms with Gasteiger partial charge in [-0.2, -0.15) is 0 Å². The van der Waals surface area contributed by atoms with Crippen molar-refractivity contribution >= 4 is 46.4 Å². The molecule has 1 heterocycles. The highest BCUT2D eigenvalue weighted by Gasteiger charge is 2.13. The summed E-state index contributed by atoms with van der Waals surface area (Å²) in [6.07, 6.45) is 0.714. The molecule has 2 rings (SSSR count). The molecular weight excluding hydrogens is 281 g/mol. The largest absolute Gasteiger partial charge is 0.354 e. The third-order valence-electron chi connectivity index (χ3n) is 2.45. The molecule has 0 saturated carbocycles. The molecule has 2 N–H and O–H groups in total. The number of aryl methyl sites for hydroxylation is 1. The van der Waals surface area contributed by atoms with Crippen molar-refractivity contribution in [3.8, 4) is 0 Å². The Labute approximate surface area is 115 Å². The average Bonchev–Trinajstić information content (AvgIpc) is 2.81. The van der Waals surface area contributed by atoms with Gasteiger partial charge in [0.1, 0.15) is 0 Å². The third kappa shape index (κ3) is 2.97. The van der Waals surface area contributed by atoms with Crippen molar-refractivity contribution in [2.75, 3.05) is 24.3 Å². The average molecular weight is 293 g/mol. The van der Waals surface area contributed by atoms with Crippen LogP contribution in [0.5, 0.6) is 0 Å². The molecule has 1 aromatic rings. The smallest absolute Gasteiger partial charge is 0.196 e. The van der Waals surface area contributed by atoms with Crippen molar-refractivity contribution in [3.63, 3.8) is 0 Å². The first-order chi connectivity index (χ1) is 8.22. The minimum Gasteiger partial charge on any atom is -0.354 e. The predicted octanol–water partition coefficient (Wildman–Crippen LogP) is 3.15. The maximum absolute atomic E-state index is 6.28. The van der Waals surface area contributed by atoms with Gasteiger partial charge >= 0.3 is 0 Å². The first-order valence-corrected chi connectivity index (χ1v) is 6.59. The summed E-state index contributed by atoms with van der Waals surface area (Å²) >= 11 is 18.1. The van der Waals surface area contributed by atoms with Crippen LogP contribution in [0.15, 0.2) is 17.1 Å². The molecule has 0 amide bonds. The highest BCUT2D eigenvalue weighted by atomic mass is 35.5. The van der Waals surface area contributed by atoms with E-state index in [9.17, 15) is 0 Å². The Morgan fingerprint density at radius 2 is 2.18 bits per heavy atom. The minimum atomic E-state index is 0.528. The van der Waals surface area contributed by atoms with Gasteiger partial charge < -0.3 is 10.6 Å². The van der Waals surface area contributed by atoms with Crippen LogP contribution in [0.3, 0.4) is 0 Å². The number of rotatable bonds is 3. The third-order valence-corrected chi connectivity index (χ3v) is 3.39. The quantitative estimate of drug-likeness (QED) is 0.840. The lowest BCUT2D eigenvalue weighted by Gasteiger charge is -2.13. The number of hydrogen-bond donors (Lipinski definition) is 2. The molecule has 3 nitrogen and oxygen atoms in total. The molecule has 0 unspecified atom stereocenters. The van der Waals surface area contributed by atoms with E-state index in [0.717, 1.165) is 18.7 Å². The molecule has 1 aromatic carbocycles. The van der Waals surface area contributed by atoms with E-state index in [0.29, 0.717) is 34.0 Å². The van der Waals surface area contributed by atoms with Crippen molar-refractivity contribution in [2.24, 2.45) is 4.99 Å². The van der Waals surface area contributed by atoms with Gasteiger partial charge in [0.2, 0.25) is 0 Å². The Hall–Kier alpha value is -0.640. The molecule has 1 aliphatic rings. The molecule has 0 aliphatic carbocycles. The molecule has 0 fully saturated rings. The second-order valence-corrected chi connectivity index (χ2v) is 4.78. The maximum Gasteiger partial charge on any atom is 0.196 e. The molecule has 0 atom stereocenters. The van der Waals surface area contributed by atoms with Gasteiger partial charge in [-0.25, -0.2) is 0 Å². The molecule has 6 heteroatoms. The van der Waals surface area contributed by atoms with E-state index in [-0.39, 0.29) is 0 Å². The zero-order valence-electron chi connectivity index (χ0n) is 9.06. The van der Waals surface area contributed by atoms with Gasteiger partial charge in [0.05, 0.1) is 22.3 Å². The number of nitrogens with one attached hydrogen (secondary N) is 2. The number of hydrogen-bond acceptors (Lipinski definition) is 3. The van der Waals surface area contributed by atoms with Crippen LogP contribution in [-0.4, -0.2) is 24.9 Å². The maximum atomic E-state index is 6.28. The zero-order chi connectivity index (χ0) is 12.3. The number of alkyl halides is 1. The van der Waals surface area contributed by atoms with Crippen LogP contribution in [0.25, 0.3) is 0 Å². The van der Waals surface area contributed by atoms with Crippen LogP contribution < -0.4 is 10.6 Å². The number of anilines is 1. The number of aliphatic imine (C=N–C) groups is 1. The van der Waals surface area contributed by atoms with Gasteiger partial charge in [-0.05, 0) is 18.1 Å². The highest BCUT2D eigenvalue weighted by molar-refractivity contribution is 6.40. The van der Waals surface area contributed by atoms with Crippen LogP contribution >= 0.6 is 34.8 Å². The first-order valence-electron chi connectivity index (χ1n) is 5.30. The van der Waals surface area contributed by atoms with Crippen molar-refractivity contribution in [1.29, 1.82) is 0 Å². The van der Waals surface area contributed by atoms with Crippen LogP contribution in [0.2, 0.25) is 10.0 Å². The number of halogens is 3. The van der Waals surface area contributed by atoms with E-state index in [1.807, 2.05) is 12.1 Å². The molecule has 0 spiro atoms. The van der Waals surface area contributed by atoms with Gasteiger partial charge in [-0.1, -0.05) is 29.3 Å². The Balaban J connectivity index is 2.27. The SMILES string of the molecule is ClCCc1ccc(Cl)c(NC2=NCCN2)c1Cl. The summed E-state index contributed by atoms with van der Waals surface area (Å²) in [5.74, 6) is 1.23. The number of benzene rings is 1. The normalized spacial score (nSPS) is 14.4. The molecule has 17 heavy (non-hydrogen) atoms. The van der Waals surface area contributed by atoms with Crippen molar-refractivity contribution < 1.29 is 0 Å². The Morgan fingerprint density at radius 3 is 2.82 bits per heavy atom. The van der Waals surface area contributed by atoms with E-state index in [4.69, 9.17) is 34.8 Å². The fourth-order valence-electron chi connectivity index (χ4n) is 1.61. The molecule has 0 aromatic heterocycles. The van der Waals surface area contributed by atoms with Crippen LogP contribution in [0, 0.1) is 0 Å².